The molecule has 0 amide bonds. The van der Waals surface area contributed by atoms with Crippen LogP contribution in [0.2, 0.25) is 0 Å². The number of ether oxygens (including phenoxy) is 1. The van der Waals surface area contributed by atoms with Gasteiger partial charge in [-0.2, -0.15) is 4.39 Å². The molecule has 1 aromatic carbocycles. The first-order valence-electron chi connectivity index (χ1n) is 10.2. The third-order valence-electron chi connectivity index (χ3n) is 5.50. The van der Waals surface area contributed by atoms with Crippen molar-refractivity contribution < 1.29 is 18.3 Å². The molecule has 0 aromatic heterocycles. The number of ketones is 1. The third-order valence-corrected chi connectivity index (χ3v) is 5.50. The van der Waals surface area contributed by atoms with Crippen LogP contribution in [0.15, 0.2) is 12.1 Å². The Morgan fingerprint density at radius 2 is 1.69 bits per heavy atom. The zero-order valence-electron chi connectivity index (χ0n) is 16.2. The Morgan fingerprint density at radius 1 is 1.00 bits per heavy atom. The van der Waals surface area contributed by atoms with Gasteiger partial charge in [0.2, 0.25) is 5.82 Å². The topological polar surface area (TPSA) is 26.3 Å². The fraction of sp³-hybridized carbons (Fsp3) is 0.682. The normalized spacial score (nSPS) is 20.2. The zero-order valence-corrected chi connectivity index (χ0v) is 16.2. The molecule has 0 aliphatic heterocycles. The quantitative estimate of drug-likeness (QED) is 0.340. The van der Waals surface area contributed by atoms with Crippen molar-refractivity contribution in [2.75, 3.05) is 6.61 Å². The number of hydrogen-bond donors (Lipinski definition) is 0. The van der Waals surface area contributed by atoms with E-state index < -0.39 is 11.6 Å². The number of hydrogen-bond acceptors (Lipinski definition) is 2. The molecule has 0 saturated heterocycles. The molecule has 2 nitrogen and oxygen atoms in total. The predicted molar refractivity (Wildman–Crippen MR) is 101 cm³/mol. The van der Waals surface area contributed by atoms with E-state index in [0.717, 1.165) is 38.5 Å². The van der Waals surface area contributed by atoms with Gasteiger partial charge >= 0.3 is 0 Å². The minimum absolute atomic E-state index is 0.105. The molecule has 26 heavy (non-hydrogen) atoms. The summed E-state index contributed by atoms with van der Waals surface area (Å²) in [6, 6.07) is 2.77. The third kappa shape index (κ3) is 5.52. The van der Waals surface area contributed by atoms with Gasteiger partial charge in [0.15, 0.2) is 17.3 Å². The summed E-state index contributed by atoms with van der Waals surface area (Å²) in [5.41, 5.74) is -0.125. The van der Waals surface area contributed by atoms with Crippen molar-refractivity contribution in [1.29, 1.82) is 0 Å². The maximum atomic E-state index is 14.4. The molecular weight excluding hydrogens is 334 g/mol. The minimum atomic E-state index is -1.06. The highest BCUT2D eigenvalue weighted by molar-refractivity contribution is 5.98. The maximum absolute atomic E-state index is 14.4. The van der Waals surface area contributed by atoms with Crippen molar-refractivity contribution in [3.63, 3.8) is 0 Å². The monoisotopic (exact) mass is 366 g/mol. The summed E-state index contributed by atoms with van der Waals surface area (Å²) < 4.78 is 33.9. The average Bonchev–Trinajstić information content (AvgIpc) is 2.66. The van der Waals surface area contributed by atoms with E-state index in [0.29, 0.717) is 12.5 Å². The number of Topliss-reactive ketones (excluding diaryl/α,β-unsaturated/α-hetero) is 1. The number of unbranched alkanes of at least 4 members (excludes halogenated alkanes) is 3. The second-order valence-electron chi connectivity index (χ2n) is 7.52. The van der Waals surface area contributed by atoms with Crippen molar-refractivity contribution in [1.82, 2.24) is 0 Å². The second-order valence-corrected chi connectivity index (χ2v) is 7.52. The van der Waals surface area contributed by atoms with Gasteiger partial charge in [-0.05, 0) is 50.2 Å². The van der Waals surface area contributed by atoms with Gasteiger partial charge in [0.25, 0.3) is 0 Å². The maximum Gasteiger partial charge on any atom is 0.201 e. The summed E-state index contributed by atoms with van der Waals surface area (Å²) in [6.07, 6.45) is 10.3. The summed E-state index contributed by atoms with van der Waals surface area (Å²) >= 11 is 0. The van der Waals surface area contributed by atoms with Crippen LogP contribution in [0.4, 0.5) is 8.78 Å². The number of carbonyl (C=O) groups is 1. The zero-order chi connectivity index (χ0) is 18.9. The Morgan fingerprint density at radius 3 is 2.35 bits per heavy atom. The molecule has 0 heterocycles. The average molecular weight is 366 g/mol. The largest absolute Gasteiger partial charge is 0.490 e. The molecule has 1 aromatic rings. The lowest BCUT2D eigenvalue weighted by atomic mass is 9.77. The highest BCUT2D eigenvalue weighted by Crippen LogP contribution is 2.35. The van der Waals surface area contributed by atoms with Crippen molar-refractivity contribution in [2.45, 2.75) is 78.1 Å². The van der Waals surface area contributed by atoms with Crippen LogP contribution in [-0.2, 0) is 0 Å². The van der Waals surface area contributed by atoms with Crippen LogP contribution in [0.25, 0.3) is 0 Å². The van der Waals surface area contributed by atoms with E-state index in [1.807, 2.05) is 6.92 Å². The molecule has 4 heteroatoms. The van der Waals surface area contributed by atoms with E-state index in [1.165, 1.54) is 37.8 Å². The van der Waals surface area contributed by atoms with Crippen molar-refractivity contribution in [3.8, 4) is 5.75 Å². The molecule has 1 aliphatic rings. The lowest BCUT2D eigenvalue weighted by Crippen LogP contribution is -2.23. The van der Waals surface area contributed by atoms with Gasteiger partial charge in [-0.15, -0.1) is 0 Å². The van der Waals surface area contributed by atoms with E-state index in [-0.39, 0.29) is 23.0 Å². The fourth-order valence-electron chi connectivity index (χ4n) is 3.78. The minimum Gasteiger partial charge on any atom is -0.490 e. The molecule has 0 spiro atoms. The van der Waals surface area contributed by atoms with Crippen LogP contribution in [0.1, 0.15) is 88.4 Å². The van der Waals surface area contributed by atoms with Gasteiger partial charge in [-0.1, -0.05) is 46.0 Å². The Balaban J connectivity index is 1.94. The molecule has 2 rings (SSSR count). The molecule has 1 saturated carbocycles. The lowest BCUT2D eigenvalue weighted by molar-refractivity contribution is 0.0864. The summed E-state index contributed by atoms with van der Waals surface area (Å²) in [5.74, 6) is -1.96. The molecule has 0 radical (unpaired) electrons. The van der Waals surface area contributed by atoms with Crippen LogP contribution < -0.4 is 4.74 Å². The van der Waals surface area contributed by atoms with Gasteiger partial charge in [0.05, 0.1) is 12.2 Å². The Hall–Kier alpha value is -1.45. The smallest absolute Gasteiger partial charge is 0.201 e. The lowest BCUT2D eigenvalue weighted by Gasteiger charge is -2.27. The number of halogens is 2. The van der Waals surface area contributed by atoms with Gasteiger partial charge in [0, 0.05) is 5.92 Å². The van der Waals surface area contributed by atoms with E-state index in [4.69, 9.17) is 4.74 Å². The summed E-state index contributed by atoms with van der Waals surface area (Å²) in [7, 11) is 0. The summed E-state index contributed by atoms with van der Waals surface area (Å²) in [4.78, 5) is 12.7. The Bertz CT molecular complexity index is 578. The number of benzene rings is 1. The molecule has 0 unspecified atom stereocenters. The molecule has 0 N–H and O–H groups in total. The highest BCUT2D eigenvalue weighted by atomic mass is 19.2. The first-order valence-corrected chi connectivity index (χ1v) is 10.2. The van der Waals surface area contributed by atoms with E-state index in [2.05, 4.69) is 6.92 Å². The standard InChI is InChI=1S/C22H32F2O2/c1-3-5-7-8-16-9-11-17(12-10-16)22(25)18-13-14-19(21(24)20(18)23)26-15-6-4-2/h13-14,16-17H,3-12,15H2,1-2H3. The highest BCUT2D eigenvalue weighted by Gasteiger charge is 2.29. The Kier molecular flexibility index (Phi) is 8.53. The molecule has 1 fully saturated rings. The first kappa shape index (κ1) is 20.9. The van der Waals surface area contributed by atoms with Crippen LogP contribution >= 0.6 is 0 Å². The van der Waals surface area contributed by atoms with Crippen molar-refractivity contribution >= 4 is 5.78 Å². The molecular formula is C22H32F2O2. The second kappa shape index (κ2) is 10.6. The number of carbonyl (C=O) groups excluding carboxylic acids is 1. The molecule has 146 valence electrons. The van der Waals surface area contributed by atoms with Gasteiger partial charge in [-0.3, -0.25) is 4.79 Å². The Labute approximate surface area is 156 Å². The van der Waals surface area contributed by atoms with E-state index in [9.17, 15) is 13.6 Å². The van der Waals surface area contributed by atoms with Gasteiger partial charge < -0.3 is 4.74 Å². The van der Waals surface area contributed by atoms with Crippen molar-refractivity contribution in [2.24, 2.45) is 11.8 Å². The van der Waals surface area contributed by atoms with Crippen LogP contribution in [0.5, 0.6) is 5.75 Å². The number of rotatable bonds is 10. The van der Waals surface area contributed by atoms with Crippen molar-refractivity contribution in [3.05, 3.63) is 29.3 Å². The molecule has 0 atom stereocenters. The SMILES string of the molecule is CCCCCC1CCC(C(=O)c2ccc(OCCCC)c(F)c2F)CC1. The summed E-state index contributed by atoms with van der Waals surface area (Å²) in [5, 5.41) is 0. The summed E-state index contributed by atoms with van der Waals surface area (Å²) in [6.45, 7) is 4.55. The fourth-order valence-corrected chi connectivity index (χ4v) is 3.78. The van der Waals surface area contributed by atoms with Gasteiger partial charge in [0.1, 0.15) is 0 Å². The first-order chi connectivity index (χ1) is 12.6. The van der Waals surface area contributed by atoms with Gasteiger partial charge in [-0.25, -0.2) is 4.39 Å². The van der Waals surface area contributed by atoms with Crippen LogP contribution in [0, 0.1) is 23.5 Å². The molecule has 1 aliphatic carbocycles. The predicted octanol–water partition coefficient (Wildman–Crippen LogP) is 6.71. The van der Waals surface area contributed by atoms with Crippen LogP contribution in [0.3, 0.4) is 0 Å². The van der Waals surface area contributed by atoms with E-state index >= 15 is 0 Å². The van der Waals surface area contributed by atoms with Crippen LogP contribution in [-0.4, -0.2) is 12.4 Å². The molecule has 0 bridgehead atoms. The van der Waals surface area contributed by atoms with E-state index in [1.54, 1.807) is 0 Å².